The lowest BCUT2D eigenvalue weighted by atomic mass is 9.86. The molecule has 2 aliphatic rings. The summed E-state index contributed by atoms with van der Waals surface area (Å²) in [5.74, 6) is -0.315. The fraction of sp³-hybridized carbons (Fsp3) is 0.696. The third-order valence-corrected chi connectivity index (χ3v) is 6.09. The zero-order valence-electron chi connectivity index (χ0n) is 19.5. The lowest BCUT2D eigenvalue weighted by Gasteiger charge is -2.28. The minimum Gasteiger partial charge on any atom is -0.421 e. The Kier molecular flexibility index (Phi) is 6.13. The van der Waals surface area contributed by atoms with Gasteiger partial charge in [0.25, 0.3) is 5.91 Å². The molecule has 0 spiro atoms. The Labute approximate surface area is 184 Å². The van der Waals surface area contributed by atoms with Crippen molar-refractivity contribution in [1.29, 1.82) is 0 Å². The first kappa shape index (κ1) is 23.2. The number of carbonyl (C=O) groups is 3. The summed E-state index contributed by atoms with van der Waals surface area (Å²) in [6.45, 7) is 16.2. The average Bonchev–Trinajstić information content (AvgIpc) is 3.42. The Morgan fingerprint density at radius 3 is 1.71 bits per heavy atom. The molecule has 1 aromatic rings. The maximum Gasteiger partial charge on any atom is 0.291 e. The smallest absolute Gasteiger partial charge is 0.291 e. The van der Waals surface area contributed by atoms with E-state index in [9.17, 15) is 14.4 Å². The molecule has 8 nitrogen and oxygen atoms in total. The molecular formula is C23H34N4O4. The average molecular weight is 431 g/mol. The van der Waals surface area contributed by atoms with Crippen molar-refractivity contribution >= 4 is 17.6 Å². The van der Waals surface area contributed by atoms with E-state index in [4.69, 9.17) is 4.42 Å². The molecule has 8 heteroatoms. The second kappa shape index (κ2) is 8.20. The molecule has 0 aliphatic carbocycles. The van der Waals surface area contributed by atoms with Crippen LogP contribution in [0.3, 0.4) is 0 Å². The number of hydrogen-bond donors (Lipinski definition) is 0. The minimum absolute atomic E-state index is 0.0943. The van der Waals surface area contributed by atoms with E-state index in [0.29, 0.717) is 36.9 Å². The van der Waals surface area contributed by atoms with Crippen molar-refractivity contribution < 1.29 is 18.8 Å². The van der Waals surface area contributed by atoms with Crippen LogP contribution in [0.25, 0.3) is 0 Å². The standard InChI is InChI=1S/C23H34N4O4/c1-14(22(2,3)4)20(29)26-12-8-10-15(26)18-24-25-19(31-18)16-11-9-13-27(16)21(30)17(28)23(5,6)7/h15-16H,1,8-13H2,2-7H3/t15?,16-/m0/s1. The molecule has 0 saturated carbocycles. The van der Waals surface area contributed by atoms with E-state index in [1.165, 1.54) is 0 Å². The molecule has 2 fully saturated rings. The third-order valence-electron chi connectivity index (χ3n) is 6.09. The number of aromatic nitrogens is 2. The molecule has 3 rings (SSSR count). The van der Waals surface area contributed by atoms with E-state index in [2.05, 4.69) is 16.8 Å². The Morgan fingerprint density at radius 2 is 1.29 bits per heavy atom. The van der Waals surface area contributed by atoms with Gasteiger partial charge < -0.3 is 14.2 Å². The summed E-state index contributed by atoms with van der Waals surface area (Å²) in [4.78, 5) is 41.6. The van der Waals surface area contributed by atoms with Gasteiger partial charge in [-0.15, -0.1) is 10.2 Å². The topological polar surface area (TPSA) is 96.6 Å². The molecule has 1 unspecified atom stereocenters. The summed E-state index contributed by atoms with van der Waals surface area (Å²) in [5, 5.41) is 8.42. The first-order valence-electron chi connectivity index (χ1n) is 11.0. The summed E-state index contributed by atoms with van der Waals surface area (Å²) in [5.41, 5.74) is -0.522. The molecule has 2 amide bonds. The molecule has 31 heavy (non-hydrogen) atoms. The zero-order valence-corrected chi connectivity index (χ0v) is 19.5. The van der Waals surface area contributed by atoms with Gasteiger partial charge in [0.15, 0.2) is 0 Å². The number of rotatable bonds is 4. The summed E-state index contributed by atoms with van der Waals surface area (Å²) >= 11 is 0. The van der Waals surface area contributed by atoms with Crippen LogP contribution < -0.4 is 0 Å². The maximum absolute atomic E-state index is 13.0. The normalized spacial score (nSPS) is 22.1. The van der Waals surface area contributed by atoms with E-state index < -0.39 is 23.1 Å². The molecule has 2 atom stereocenters. The van der Waals surface area contributed by atoms with E-state index in [1.807, 2.05) is 20.8 Å². The van der Waals surface area contributed by atoms with Gasteiger partial charge in [-0.3, -0.25) is 14.4 Å². The van der Waals surface area contributed by atoms with Gasteiger partial charge in [-0.05, 0) is 31.1 Å². The van der Waals surface area contributed by atoms with Gasteiger partial charge in [0, 0.05) is 24.1 Å². The third kappa shape index (κ3) is 4.57. The van der Waals surface area contributed by atoms with Gasteiger partial charge in [-0.2, -0.15) is 0 Å². The van der Waals surface area contributed by atoms with Crippen LogP contribution in [0.15, 0.2) is 16.6 Å². The maximum atomic E-state index is 13.0. The van der Waals surface area contributed by atoms with Crippen LogP contribution in [-0.2, 0) is 14.4 Å². The summed E-state index contributed by atoms with van der Waals surface area (Å²) < 4.78 is 5.99. The molecule has 3 heterocycles. The highest BCUT2D eigenvalue weighted by Crippen LogP contribution is 2.38. The van der Waals surface area contributed by atoms with Crippen LogP contribution in [0, 0.1) is 10.8 Å². The number of Topliss-reactive ketones (excluding diaryl/α,β-unsaturated/α-hetero) is 1. The van der Waals surface area contributed by atoms with Crippen molar-refractivity contribution in [1.82, 2.24) is 20.0 Å². The Morgan fingerprint density at radius 1 is 0.839 bits per heavy atom. The number of hydrogen-bond acceptors (Lipinski definition) is 6. The van der Waals surface area contributed by atoms with Crippen molar-refractivity contribution in [3.8, 4) is 0 Å². The molecule has 0 N–H and O–H groups in total. The minimum atomic E-state index is -0.746. The predicted molar refractivity (Wildman–Crippen MR) is 115 cm³/mol. The van der Waals surface area contributed by atoms with Gasteiger partial charge in [-0.1, -0.05) is 48.1 Å². The number of carbonyl (C=O) groups excluding carboxylic acids is 3. The highest BCUT2D eigenvalue weighted by molar-refractivity contribution is 6.37. The van der Waals surface area contributed by atoms with E-state index in [1.54, 1.807) is 30.6 Å². The van der Waals surface area contributed by atoms with Crippen LogP contribution >= 0.6 is 0 Å². The van der Waals surface area contributed by atoms with E-state index in [-0.39, 0.29) is 17.4 Å². The molecule has 0 radical (unpaired) electrons. The van der Waals surface area contributed by atoms with Gasteiger partial charge in [-0.25, -0.2) is 0 Å². The van der Waals surface area contributed by atoms with Crippen molar-refractivity contribution in [3.05, 3.63) is 23.9 Å². The van der Waals surface area contributed by atoms with Crippen LogP contribution in [0.5, 0.6) is 0 Å². The Bertz CT molecular complexity index is 820. The highest BCUT2D eigenvalue weighted by atomic mass is 16.4. The molecule has 170 valence electrons. The van der Waals surface area contributed by atoms with Crippen LogP contribution in [-0.4, -0.2) is 50.7 Å². The van der Waals surface area contributed by atoms with Crippen molar-refractivity contribution in [3.63, 3.8) is 0 Å². The monoisotopic (exact) mass is 430 g/mol. The van der Waals surface area contributed by atoms with Gasteiger partial charge in [0.05, 0.1) is 0 Å². The fourth-order valence-corrected chi connectivity index (χ4v) is 3.99. The second-order valence-electron chi connectivity index (χ2n) is 10.6. The van der Waals surface area contributed by atoms with E-state index >= 15 is 0 Å². The second-order valence-corrected chi connectivity index (χ2v) is 10.6. The van der Waals surface area contributed by atoms with Crippen LogP contribution in [0.1, 0.15) is 91.1 Å². The first-order chi connectivity index (χ1) is 14.3. The lowest BCUT2D eigenvalue weighted by molar-refractivity contribution is -0.149. The Hall–Kier alpha value is -2.51. The summed E-state index contributed by atoms with van der Waals surface area (Å²) in [6.07, 6.45) is 3.02. The van der Waals surface area contributed by atoms with Gasteiger partial charge in [0.1, 0.15) is 12.1 Å². The number of likely N-dealkylation sites (tertiary alicyclic amines) is 2. The molecule has 0 bridgehead atoms. The molecule has 0 aromatic carbocycles. The molecule has 2 saturated heterocycles. The summed E-state index contributed by atoms with van der Waals surface area (Å²) in [6, 6.07) is -0.704. The van der Waals surface area contributed by atoms with Gasteiger partial charge >= 0.3 is 0 Å². The molecule has 1 aromatic heterocycles. The van der Waals surface area contributed by atoms with Crippen molar-refractivity contribution in [2.75, 3.05) is 13.1 Å². The quantitative estimate of drug-likeness (QED) is 0.535. The van der Waals surface area contributed by atoms with Crippen molar-refractivity contribution in [2.45, 2.75) is 79.3 Å². The van der Waals surface area contributed by atoms with Crippen molar-refractivity contribution in [2.24, 2.45) is 10.8 Å². The van der Waals surface area contributed by atoms with E-state index in [0.717, 1.165) is 19.3 Å². The lowest BCUT2D eigenvalue weighted by Crippen LogP contribution is -2.41. The molecular weight excluding hydrogens is 396 g/mol. The molecule has 2 aliphatic heterocycles. The highest BCUT2D eigenvalue weighted by Gasteiger charge is 2.41. The van der Waals surface area contributed by atoms with Crippen LogP contribution in [0.2, 0.25) is 0 Å². The first-order valence-corrected chi connectivity index (χ1v) is 11.0. The fourth-order valence-electron chi connectivity index (χ4n) is 3.99. The summed E-state index contributed by atoms with van der Waals surface area (Å²) in [7, 11) is 0. The number of amides is 2. The number of nitrogens with zero attached hydrogens (tertiary/aromatic N) is 4. The predicted octanol–water partition coefficient (Wildman–Crippen LogP) is 3.61. The SMILES string of the molecule is C=C(C(=O)N1CCCC1c1nnc([C@@H]2CCCN2C(=O)C(=O)C(C)(C)C)o1)C(C)(C)C. The largest absolute Gasteiger partial charge is 0.421 e. The zero-order chi connectivity index (χ0) is 23.1. The number of ketones is 1. The van der Waals surface area contributed by atoms with Crippen LogP contribution in [0.4, 0.5) is 0 Å². The van der Waals surface area contributed by atoms with Gasteiger partial charge in [0.2, 0.25) is 23.5 Å². The Balaban J connectivity index is 1.79.